The Hall–Kier alpha value is -2.12. The average Bonchev–Trinajstić information content (AvgIpc) is 2.38. The molecular weight excluding hydrogens is 347 g/mol. The van der Waals surface area contributed by atoms with Crippen molar-refractivity contribution in [2.45, 2.75) is 11.3 Å². The van der Waals surface area contributed by atoms with Gasteiger partial charge in [-0.15, -0.1) is 0 Å². The maximum Gasteiger partial charge on any atom is 0.307 e. The lowest BCUT2D eigenvalue weighted by Gasteiger charge is -2.10. The Bertz CT molecular complexity index is 864. The summed E-state index contributed by atoms with van der Waals surface area (Å²) in [6, 6.07) is 7.54. The average molecular weight is 359 g/mol. The summed E-state index contributed by atoms with van der Waals surface area (Å²) in [7, 11) is -3.52. The highest BCUT2D eigenvalue weighted by atomic mass is 35.5. The third-order valence-electron chi connectivity index (χ3n) is 2.85. The molecular formula is C15H12ClFO5S. The van der Waals surface area contributed by atoms with E-state index in [9.17, 15) is 17.6 Å². The number of benzene rings is 2. The van der Waals surface area contributed by atoms with Gasteiger partial charge in [0.25, 0.3) is 0 Å². The molecule has 2 aromatic rings. The number of carboxylic acids is 1. The number of carbonyl (C=O) groups is 1. The Labute approximate surface area is 137 Å². The zero-order valence-corrected chi connectivity index (χ0v) is 13.5. The van der Waals surface area contributed by atoms with Crippen molar-refractivity contribution in [2.75, 3.05) is 6.26 Å². The van der Waals surface area contributed by atoms with E-state index in [4.69, 9.17) is 21.4 Å². The number of aliphatic carboxylic acids is 1. The van der Waals surface area contributed by atoms with Crippen LogP contribution in [0.4, 0.5) is 4.39 Å². The molecule has 0 bridgehead atoms. The van der Waals surface area contributed by atoms with Crippen molar-refractivity contribution in [3.63, 3.8) is 0 Å². The molecule has 8 heteroatoms. The largest absolute Gasteiger partial charge is 0.481 e. The molecule has 2 rings (SSSR count). The third kappa shape index (κ3) is 4.67. The molecule has 0 aromatic heterocycles. The van der Waals surface area contributed by atoms with Gasteiger partial charge in [-0.25, -0.2) is 12.8 Å². The molecule has 0 aliphatic rings. The standard InChI is InChI=1S/C15H12ClFO5S/c1-23(20,21)12-2-3-14(13(17)8-12)22-11-5-9(6-15(18)19)4-10(16)7-11/h2-5,7-8H,6H2,1H3,(H,18,19). The Morgan fingerprint density at radius 3 is 2.52 bits per heavy atom. The summed E-state index contributed by atoms with van der Waals surface area (Å²) in [6.45, 7) is 0. The van der Waals surface area contributed by atoms with Gasteiger partial charge in [0.1, 0.15) is 5.75 Å². The first-order chi connectivity index (χ1) is 10.6. The minimum Gasteiger partial charge on any atom is -0.481 e. The third-order valence-corrected chi connectivity index (χ3v) is 4.17. The topological polar surface area (TPSA) is 80.7 Å². The van der Waals surface area contributed by atoms with Crippen LogP contribution in [-0.2, 0) is 21.1 Å². The van der Waals surface area contributed by atoms with Gasteiger partial charge in [-0.2, -0.15) is 0 Å². The molecule has 0 radical (unpaired) electrons. The van der Waals surface area contributed by atoms with E-state index in [0.717, 1.165) is 12.3 Å². The van der Waals surface area contributed by atoms with Crippen molar-refractivity contribution in [3.8, 4) is 11.5 Å². The maximum absolute atomic E-state index is 14.0. The van der Waals surface area contributed by atoms with Crippen LogP contribution in [-0.4, -0.2) is 25.7 Å². The second kappa shape index (κ2) is 6.55. The first-order valence-electron chi connectivity index (χ1n) is 6.34. The van der Waals surface area contributed by atoms with Crippen LogP contribution in [0.2, 0.25) is 5.02 Å². The van der Waals surface area contributed by atoms with Gasteiger partial charge < -0.3 is 9.84 Å². The fraction of sp³-hybridized carbons (Fsp3) is 0.133. The highest BCUT2D eigenvalue weighted by Crippen LogP contribution is 2.29. The summed E-state index contributed by atoms with van der Waals surface area (Å²) in [5.74, 6) is -1.93. The lowest BCUT2D eigenvalue weighted by molar-refractivity contribution is -0.136. The van der Waals surface area contributed by atoms with Gasteiger partial charge in [0.05, 0.1) is 11.3 Å². The number of hydrogen-bond donors (Lipinski definition) is 1. The SMILES string of the molecule is CS(=O)(=O)c1ccc(Oc2cc(Cl)cc(CC(=O)O)c2)c(F)c1. The van der Waals surface area contributed by atoms with Crippen LogP contribution < -0.4 is 4.74 Å². The Morgan fingerprint density at radius 2 is 1.96 bits per heavy atom. The van der Waals surface area contributed by atoms with Crippen molar-refractivity contribution in [3.05, 3.63) is 52.8 Å². The molecule has 0 spiro atoms. The molecule has 2 aromatic carbocycles. The predicted molar refractivity (Wildman–Crippen MR) is 82.4 cm³/mol. The van der Waals surface area contributed by atoms with E-state index in [1.54, 1.807) is 0 Å². The van der Waals surface area contributed by atoms with Crippen molar-refractivity contribution in [1.29, 1.82) is 0 Å². The first-order valence-corrected chi connectivity index (χ1v) is 8.61. The van der Waals surface area contributed by atoms with Crippen molar-refractivity contribution in [2.24, 2.45) is 0 Å². The van der Waals surface area contributed by atoms with Gasteiger partial charge in [-0.1, -0.05) is 11.6 Å². The fourth-order valence-electron chi connectivity index (χ4n) is 1.88. The quantitative estimate of drug-likeness (QED) is 0.886. The summed E-state index contributed by atoms with van der Waals surface area (Å²) >= 11 is 5.88. The van der Waals surface area contributed by atoms with E-state index in [1.165, 1.54) is 30.3 Å². The van der Waals surface area contributed by atoms with Crippen molar-refractivity contribution >= 4 is 27.4 Å². The number of halogens is 2. The molecule has 0 aliphatic heterocycles. The number of rotatable bonds is 5. The molecule has 0 saturated heterocycles. The minimum atomic E-state index is -3.52. The number of sulfone groups is 1. The Kier molecular flexibility index (Phi) is 4.91. The van der Waals surface area contributed by atoms with Crippen LogP contribution >= 0.6 is 11.6 Å². The number of carboxylic acid groups (broad SMARTS) is 1. The van der Waals surface area contributed by atoms with E-state index in [2.05, 4.69) is 0 Å². The zero-order valence-electron chi connectivity index (χ0n) is 11.9. The van der Waals surface area contributed by atoms with Crippen molar-refractivity contribution in [1.82, 2.24) is 0 Å². The van der Waals surface area contributed by atoms with E-state index in [-0.39, 0.29) is 27.8 Å². The first kappa shape index (κ1) is 17.2. The molecule has 0 saturated carbocycles. The monoisotopic (exact) mass is 358 g/mol. The van der Waals surface area contributed by atoms with Crippen LogP contribution in [0.1, 0.15) is 5.56 Å². The molecule has 23 heavy (non-hydrogen) atoms. The summed E-state index contributed by atoms with van der Waals surface area (Å²) < 4.78 is 42.0. The van der Waals surface area contributed by atoms with Crippen LogP contribution in [0.5, 0.6) is 11.5 Å². The molecule has 0 aliphatic carbocycles. The molecule has 5 nitrogen and oxygen atoms in total. The van der Waals surface area contributed by atoms with Gasteiger partial charge in [-0.05, 0) is 42.0 Å². The fourth-order valence-corrected chi connectivity index (χ4v) is 2.76. The van der Waals surface area contributed by atoms with E-state index in [0.29, 0.717) is 5.56 Å². The van der Waals surface area contributed by atoms with E-state index in [1.807, 2.05) is 0 Å². The van der Waals surface area contributed by atoms with Crippen LogP contribution in [0, 0.1) is 5.82 Å². The van der Waals surface area contributed by atoms with Gasteiger partial charge in [0.15, 0.2) is 21.4 Å². The normalized spacial score (nSPS) is 11.3. The minimum absolute atomic E-state index is 0.153. The predicted octanol–water partition coefficient (Wildman–Crippen LogP) is 3.30. The van der Waals surface area contributed by atoms with E-state index < -0.39 is 21.6 Å². The molecule has 0 amide bonds. The molecule has 0 unspecified atom stereocenters. The molecule has 122 valence electrons. The van der Waals surface area contributed by atoms with Gasteiger partial charge in [-0.3, -0.25) is 4.79 Å². The second-order valence-electron chi connectivity index (χ2n) is 4.83. The van der Waals surface area contributed by atoms with Crippen LogP contribution in [0.15, 0.2) is 41.3 Å². The van der Waals surface area contributed by atoms with E-state index >= 15 is 0 Å². The second-order valence-corrected chi connectivity index (χ2v) is 7.28. The number of ether oxygens (including phenoxy) is 1. The lowest BCUT2D eigenvalue weighted by Crippen LogP contribution is -2.01. The summed E-state index contributed by atoms with van der Waals surface area (Å²) in [6.07, 6.45) is 0.712. The van der Waals surface area contributed by atoms with Gasteiger partial charge in [0.2, 0.25) is 0 Å². The maximum atomic E-state index is 14.0. The van der Waals surface area contributed by atoms with Crippen LogP contribution in [0.25, 0.3) is 0 Å². The van der Waals surface area contributed by atoms with Crippen LogP contribution in [0.3, 0.4) is 0 Å². The number of hydrogen-bond acceptors (Lipinski definition) is 4. The lowest BCUT2D eigenvalue weighted by atomic mass is 10.1. The summed E-state index contributed by atoms with van der Waals surface area (Å²) in [4.78, 5) is 10.6. The highest BCUT2D eigenvalue weighted by Gasteiger charge is 2.13. The van der Waals surface area contributed by atoms with Gasteiger partial charge in [0, 0.05) is 11.3 Å². The zero-order chi connectivity index (χ0) is 17.2. The summed E-state index contributed by atoms with van der Waals surface area (Å²) in [5, 5.41) is 9.03. The smallest absolute Gasteiger partial charge is 0.307 e. The molecule has 1 N–H and O–H groups in total. The van der Waals surface area contributed by atoms with Crippen molar-refractivity contribution < 1.29 is 27.4 Å². The highest BCUT2D eigenvalue weighted by molar-refractivity contribution is 7.90. The summed E-state index contributed by atoms with van der Waals surface area (Å²) in [5.41, 5.74) is 0.396. The Morgan fingerprint density at radius 1 is 1.26 bits per heavy atom. The molecule has 0 fully saturated rings. The molecule has 0 atom stereocenters. The molecule has 0 heterocycles. The Balaban J connectivity index is 2.32. The van der Waals surface area contributed by atoms with Gasteiger partial charge >= 0.3 is 5.97 Å².